The van der Waals surface area contributed by atoms with Crippen LogP contribution in [0.3, 0.4) is 0 Å². The smallest absolute Gasteiger partial charge is 0.135 e. The summed E-state index contributed by atoms with van der Waals surface area (Å²) in [5.74, 6) is 2.38. The molecule has 2 aromatic rings. The summed E-state index contributed by atoms with van der Waals surface area (Å²) >= 11 is 0. The fraction of sp³-hybridized carbons (Fsp3) is 0.222. The fourth-order valence-corrected chi connectivity index (χ4v) is 1.89. The Hall–Kier alpha value is -2.42. The summed E-state index contributed by atoms with van der Waals surface area (Å²) in [6.45, 7) is 4.38. The van der Waals surface area contributed by atoms with Gasteiger partial charge >= 0.3 is 0 Å². The zero-order chi connectivity index (χ0) is 15.1. The quantitative estimate of drug-likeness (QED) is 0.733. The van der Waals surface area contributed by atoms with Crippen LogP contribution in [0.4, 0.5) is 0 Å². The van der Waals surface area contributed by atoms with Crippen LogP contribution in [0.25, 0.3) is 0 Å². The number of ether oxygens (including phenoxy) is 3. The van der Waals surface area contributed by atoms with Crippen molar-refractivity contribution >= 4 is 0 Å². The van der Waals surface area contributed by atoms with E-state index >= 15 is 0 Å². The summed E-state index contributed by atoms with van der Waals surface area (Å²) in [7, 11) is 1.60. The Balaban J connectivity index is 2.06. The van der Waals surface area contributed by atoms with E-state index < -0.39 is 0 Å². The predicted molar refractivity (Wildman–Crippen MR) is 83.3 cm³/mol. The monoisotopic (exact) mass is 284 g/mol. The summed E-state index contributed by atoms with van der Waals surface area (Å²) in [6, 6.07) is 15.8. The van der Waals surface area contributed by atoms with Crippen molar-refractivity contribution in [2.75, 3.05) is 7.11 Å². The van der Waals surface area contributed by atoms with Gasteiger partial charge in [-0.15, -0.1) is 0 Å². The largest absolute Gasteiger partial charge is 0.501 e. The number of para-hydroxylation sites is 1. The maximum atomic E-state index is 5.76. The van der Waals surface area contributed by atoms with Gasteiger partial charge in [0.2, 0.25) is 0 Å². The van der Waals surface area contributed by atoms with Crippen molar-refractivity contribution in [3.8, 4) is 11.5 Å². The first-order chi connectivity index (χ1) is 10.2. The van der Waals surface area contributed by atoms with Crippen molar-refractivity contribution in [1.29, 1.82) is 0 Å². The number of methoxy groups -OCH3 is 1. The molecule has 2 aromatic carbocycles. The van der Waals surface area contributed by atoms with Crippen LogP contribution in [-0.2, 0) is 11.3 Å². The third-order valence-electron chi connectivity index (χ3n) is 2.96. The molecule has 0 amide bonds. The molecule has 0 aliphatic heterocycles. The molecular weight excluding hydrogens is 264 g/mol. The molecule has 0 N–H and O–H groups in total. The Bertz CT molecular complexity index is 603. The minimum absolute atomic E-state index is 0.508. The second kappa shape index (κ2) is 7.39. The highest BCUT2D eigenvalue weighted by molar-refractivity contribution is 5.37. The lowest BCUT2D eigenvalue weighted by Crippen LogP contribution is -1.98. The molecule has 3 heteroatoms. The Morgan fingerprint density at radius 3 is 2.57 bits per heavy atom. The van der Waals surface area contributed by atoms with Gasteiger partial charge < -0.3 is 14.2 Å². The zero-order valence-electron chi connectivity index (χ0n) is 12.6. The van der Waals surface area contributed by atoms with Gasteiger partial charge in [0, 0.05) is 0 Å². The lowest BCUT2D eigenvalue weighted by molar-refractivity contribution is 0.299. The van der Waals surface area contributed by atoms with E-state index in [1.807, 2.05) is 62.4 Å². The first kappa shape index (κ1) is 15.0. The minimum atomic E-state index is 0.508. The van der Waals surface area contributed by atoms with E-state index in [4.69, 9.17) is 14.2 Å². The molecule has 0 heterocycles. The number of rotatable bonds is 6. The molecule has 0 bridgehead atoms. The molecule has 2 rings (SSSR count). The van der Waals surface area contributed by atoms with Crippen molar-refractivity contribution in [3.05, 3.63) is 71.7 Å². The summed E-state index contributed by atoms with van der Waals surface area (Å²) in [6.07, 6.45) is 1.58. The van der Waals surface area contributed by atoms with E-state index in [0.29, 0.717) is 12.4 Å². The normalized spacial score (nSPS) is 11.1. The molecule has 0 fully saturated rings. The van der Waals surface area contributed by atoms with Gasteiger partial charge in [-0.2, -0.15) is 0 Å². The lowest BCUT2D eigenvalue weighted by Gasteiger charge is -2.11. The summed E-state index contributed by atoms with van der Waals surface area (Å²) < 4.78 is 16.4. The van der Waals surface area contributed by atoms with Gasteiger partial charge in [-0.3, -0.25) is 0 Å². The number of allylic oxidation sites excluding steroid dienone is 1. The van der Waals surface area contributed by atoms with E-state index in [1.165, 1.54) is 0 Å². The lowest BCUT2D eigenvalue weighted by atomic mass is 10.1. The van der Waals surface area contributed by atoms with Crippen LogP contribution in [0.5, 0.6) is 11.5 Å². The summed E-state index contributed by atoms with van der Waals surface area (Å²) in [4.78, 5) is 0. The molecule has 0 spiro atoms. The second-order valence-corrected chi connectivity index (χ2v) is 4.77. The van der Waals surface area contributed by atoms with Gasteiger partial charge in [0.25, 0.3) is 0 Å². The predicted octanol–water partition coefficient (Wildman–Crippen LogP) is 4.46. The van der Waals surface area contributed by atoms with Crippen molar-refractivity contribution < 1.29 is 14.2 Å². The highest BCUT2D eigenvalue weighted by Gasteiger charge is 2.04. The fourth-order valence-electron chi connectivity index (χ4n) is 1.89. The van der Waals surface area contributed by atoms with E-state index in [0.717, 1.165) is 22.6 Å². The third kappa shape index (κ3) is 4.56. The number of hydrogen-bond donors (Lipinski definition) is 0. The second-order valence-electron chi connectivity index (χ2n) is 4.77. The first-order valence-corrected chi connectivity index (χ1v) is 6.84. The molecule has 0 atom stereocenters. The van der Waals surface area contributed by atoms with Gasteiger partial charge in [-0.1, -0.05) is 30.3 Å². The summed E-state index contributed by atoms with van der Waals surface area (Å²) in [5, 5.41) is 0. The number of benzene rings is 2. The maximum absolute atomic E-state index is 5.76. The highest BCUT2D eigenvalue weighted by Crippen LogP contribution is 2.23. The molecule has 0 aliphatic rings. The van der Waals surface area contributed by atoms with Gasteiger partial charge in [-0.25, -0.2) is 0 Å². The topological polar surface area (TPSA) is 27.7 Å². The molecule has 0 aliphatic carbocycles. The van der Waals surface area contributed by atoms with E-state index in [2.05, 4.69) is 0 Å². The van der Waals surface area contributed by atoms with Crippen LogP contribution in [0.15, 0.2) is 60.6 Å². The molecule has 21 heavy (non-hydrogen) atoms. The van der Waals surface area contributed by atoms with Gasteiger partial charge in [0.05, 0.1) is 7.11 Å². The number of aryl methyl sites for hydroxylation is 1. The van der Waals surface area contributed by atoms with Crippen LogP contribution < -0.4 is 9.47 Å². The number of hydrogen-bond acceptors (Lipinski definition) is 3. The molecule has 0 saturated heterocycles. The maximum Gasteiger partial charge on any atom is 0.135 e. The van der Waals surface area contributed by atoms with E-state index in [1.54, 1.807) is 13.4 Å². The van der Waals surface area contributed by atoms with Crippen LogP contribution in [0.1, 0.15) is 18.1 Å². The zero-order valence-corrected chi connectivity index (χ0v) is 12.6. The SMILES string of the molecule is CO/C=C(\C)Oc1cc(COc2ccccc2)ccc1C. The molecule has 0 aromatic heterocycles. The standard InChI is InChI=1S/C18H20O3/c1-14-9-10-16(11-18(14)21-15(2)12-19-3)13-20-17-7-5-4-6-8-17/h4-12H,13H2,1-3H3/b15-12+. The highest BCUT2D eigenvalue weighted by atomic mass is 16.5. The molecule has 0 radical (unpaired) electrons. The molecular formula is C18H20O3. The Morgan fingerprint density at radius 2 is 1.86 bits per heavy atom. The van der Waals surface area contributed by atoms with Crippen LogP contribution in [0, 0.1) is 6.92 Å². The van der Waals surface area contributed by atoms with Gasteiger partial charge in [0.1, 0.15) is 30.1 Å². The van der Waals surface area contributed by atoms with Gasteiger partial charge in [-0.05, 0) is 43.2 Å². The van der Waals surface area contributed by atoms with Crippen LogP contribution in [-0.4, -0.2) is 7.11 Å². The summed E-state index contributed by atoms with van der Waals surface area (Å²) in [5.41, 5.74) is 2.13. The van der Waals surface area contributed by atoms with Crippen LogP contribution in [0.2, 0.25) is 0 Å². The van der Waals surface area contributed by atoms with E-state index in [-0.39, 0.29) is 0 Å². The Kier molecular flexibility index (Phi) is 5.27. The molecule has 110 valence electrons. The van der Waals surface area contributed by atoms with Crippen molar-refractivity contribution in [2.24, 2.45) is 0 Å². The van der Waals surface area contributed by atoms with Crippen molar-refractivity contribution in [2.45, 2.75) is 20.5 Å². The van der Waals surface area contributed by atoms with E-state index in [9.17, 15) is 0 Å². The average molecular weight is 284 g/mol. The van der Waals surface area contributed by atoms with Crippen molar-refractivity contribution in [3.63, 3.8) is 0 Å². The van der Waals surface area contributed by atoms with Crippen LogP contribution >= 0.6 is 0 Å². The first-order valence-electron chi connectivity index (χ1n) is 6.84. The average Bonchev–Trinajstić information content (AvgIpc) is 2.49. The molecule has 3 nitrogen and oxygen atoms in total. The molecule has 0 saturated carbocycles. The third-order valence-corrected chi connectivity index (χ3v) is 2.96. The van der Waals surface area contributed by atoms with Gasteiger partial charge in [0.15, 0.2) is 0 Å². The Morgan fingerprint density at radius 1 is 1.10 bits per heavy atom. The Labute approximate surface area is 125 Å². The van der Waals surface area contributed by atoms with Crippen molar-refractivity contribution in [1.82, 2.24) is 0 Å². The molecule has 0 unspecified atom stereocenters. The minimum Gasteiger partial charge on any atom is -0.501 e.